The van der Waals surface area contributed by atoms with Crippen molar-refractivity contribution in [2.75, 3.05) is 4.31 Å². The van der Waals surface area contributed by atoms with Gasteiger partial charge in [0.2, 0.25) is 10.0 Å². The molecule has 1 unspecified atom stereocenters. The van der Waals surface area contributed by atoms with E-state index < -0.39 is 49.4 Å². The fraction of sp³-hybridized carbons (Fsp3) is 0.0667. The lowest BCUT2D eigenvalue weighted by molar-refractivity contribution is -0.137. The van der Waals surface area contributed by atoms with Gasteiger partial charge in [-0.1, -0.05) is 18.2 Å². The first-order chi connectivity index (χ1) is 12.4. The van der Waals surface area contributed by atoms with Gasteiger partial charge in [-0.05, 0) is 35.9 Å². The van der Waals surface area contributed by atoms with Crippen LogP contribution in [0.25, 0.3) is 6.08 Å². The molecule has 0 fully saturated rings. The Labute approximate surface area is 154 Å². The van der Waals surface area contributed by atoms with Crippen molar-refractivity contribution in [1.82, 2.24) is 0 Å². The molecule has 2 aromatic carbocycles. The van der Waals surface area contributed by atoms with Gasteiger partial charge in [0.1, 0.15) is 16.4 Å². The van der Waals surface area contributed by atoms with E-state index in [4.69, 9.17) is 5.14 Å². The minimum atomic E-state index is -4.61. The van der Waals surface area contributed by atoms with Crippen LogP contribution in [-0.2, 0) is 27.5 Å². The summed E-state index contributed by atoms with van der Waals surface area (Å²) in [7, 11) is -4.48. The molecule has 2 aromatic rings. The van der Waals surface area contributed by atoms with Crippen molar-refractivity contribution in [3.8, 4) is 0 Å². The van der Waals surface area contributed by atoms with Gasteiger partial charge in [-0.25, -0.2) is 17.9 Å². The molecule has 0 saturated carbocycles. The van der Waals surface area contributed by atoms with Gasteiger partial charge >= 0.3 is 6.18 Å². The zero-order chi connectivity index (χ0) is 20.4. The Morgan fingerprint density at radius 2 is 1.78 bits per heavy atom. The van der Waals surface area contributed by atoms with Crippen LogP contribution in [0.1, 0.15) is 11.1 Å². The Hall–Kier alpha value is -2.28. The molecule has 0 spiro atoms. The van der Waals surface area contributed by atoms with Crippen LogP contribution in [0, 0.1) is 5.82 Å². The van der Waals surface area contributed by atoms with Crippen molar-refractivity contribution >= 4 is 33.1 Å². The number of halogens is 4. The van der Waals surface area contributed by atoms with Crippen LogP contribution in [-0.4, -0.2) is 17.2 Å². The maximum absolute atomic E-state index is 14.1. The summed E-state index contributed by atoms with van der Waals surface area (Å²) >= 11 is -3.19. The second-order valence-electron chi connectivity index (χ2n) is 5.11. The summed E-state index contributed by atoms with van der Waals surface area (Å²) in [5, 5.41) is 4.97. The Morgan fingerprint density at radius 1 is 1.15 bits per heavy atom. The fourth-order valence-corrected chi connectivity index (χ4v) is 3.40. The number of rotatable bonds is 5. The van der Waals surface area contributed by atoms with Gasteiger partial charge in [0.25, 0.3) is 0 Å². The van der Waals surface area contributed by atoms with Gasteiger partial charge in [-0.3, -0.25) is 8.51 Å². The van der Waals surface area contributed by atoms with E-state index in [-0.39, 0.29) is 9.87 Å². The predicted molar refractivity (Wildman–Crippen MR) is 89.7 cm³/mol. The van der Waals surface area contributed by atoms with Gasteiger partial charge in [0.05, 0.1) is 16.8 Å². The van der Waals surface area contributed by atoms with Gasteiger partial charge in [-0.15, -0.1) is 0 Å². The summed E-state index contributed by atoms with van der Waals surface area (Å²) < 4.78 is 98.7. The third kappa shape index (κ3) is 5.13. The lowest BCUT2D eigenvalue weighted by Crippen LogP contribution is -2.24. The van der Waals surface area contributed by atoms with Crippen LogP contribution < -0.4 is 9.44 Å². The molecule has 0 aliphatic rings. The highest BCUT2D eigenvalue weighted by molar-refractivity contribution is 7.89. The minimum Gasteiger partial charge on any atom is -0.755 e. The topological polar surface area (TPSA) is 104 Å². The molecule has 27 heavy (non-hydrogen) atoms. The maximum Gasteiger partial charge on any atom is 0.416 e. The second kappa shape index (κ2) is 7.76. The molecule has 0 aliphatic heterocycles. The molecule has 6 nitrogen and oxygen atoms in total. The lowest BCUT2D eigenvalue weighted by atomic mass is 10.1. The minimum absolute atomic E-state index is 0.0474. The Balaban J connectivity index is 2.53. The Morgan fingerprint density at radius 3 is 2.33 bits per heavy atom. The van der Waals surface area contributed by atoms with Gasteiger partial charge in [0.15, 0.2) is 0 Å². The summed E-state index contributed by atoms with van der Waals surface area (Å²) in [6, 6.07) is 6.62. The van der Waals surface area contributed by atoms with Crippen LogP contribution in [0.4, 0.5) is 23.2 Å². The monoisotopic (exact) mass is 423 g/mol. The van der Waals surface area contributed by atoms with E-state index >= 15 is 0 Å². The van der Waals surface area contributed by atoms with Crippen LogP contribution in [0.3, 0.4) is 0 Å². The first-order valence-corrected chi connectivity index (χ1v) is 9.54. The maximum atomic E-state index is 14.1. The molecule has 146 valence electrons. The van der Waals surface area contributed by atoms with Gasteiger partial charge in [-0.2, -0.15) is 13.2 Å². The highest BCUT2D eigenvalue weighted by Crippen LogP contribution is 2.31. The smallest absolute Gasteiger partial charge is 0.416 e. The summed E-state index contributed by atoms with van der Waals surface area (Å²) in [6.45, 7) is 0. The molecule has 0 amide bonds. The number of nitrogens with two attached hydrogens (primary N) is 1. The number of nitrogens with zero attached hydrogens (tertiary/aromatic N) is 1. The molecule has 0 heterocycles. The number of para-hydroxylation sites is 1. The summed E-state index contributed by atoms with van der Waals surface area (Å²) in [6.07, 6.45) is -2.95. The average Bonchev–Trinajstić information content (AvgIpc) is 2.54. The summed E-state index contributed by atoms with van der Waals surface area (Å²) in [5.74, 6) is -1.21. The number of alkyl halides is 3. The van der Waals surface area contributed by atoms with Crippen LogP contribution in [0.2, 0.25) is 0 Å². The quantitative estimate of drug-likeness (QED) is 0.590. The van der Waals surface area contributed by atoms with E-state index in [2.05, 4.69) is 0 Å². The average molecular weight is 423 g/mol. The van der Waals surface area contributed by atoms with Gasteiger partial charge < -0.3 is 4.55 Å². The van der Waals surface area contributed by atoms with Crippen LogP contribution in [0.5, 0.6) is 0 Å². The molecule has 2 N–H and O–H groups in total. The standard InChI is InChI=1S/C15H12F4N2O4S2/c16-12-5-2-6-13(27(20,24)25)14(12)21(26(22)23)8-7-10-3-1-4-11(9-10)15(17,18)19/h1-9H,(H,22,23)(H2,20,24,25)/p-1. The third-order valence-corrected chi connectivity index (χ3v) is 4.82. The number of primary sulfonamides is 1. The largest absolute Gasteiger partial charge is 0.755 e. The van der Waals surface area contributed by atoms with E-state index in [9.17, 15) is 34.7 Å². The van der Waals surface area contributed by atoms with Crippen molar-refractivity contribution in [1.29, 1.82) is 0 Å². The van der Waals surface area contributed by atoms with Crippen molar-refractivity contribution in [2.45, 2.75) is 11.1 Å². The van der Waals surface area contributed by atoms with Gasteiger partial charge in [0, 0.05) is 6.20 Å². The molecule has 0 radical (unpaired) electrons. The first-order valence-electron chi connectivity index (χ1n) is 6.96. The molecule has 2 rings (SSSR count). The van der Waals surface area contributed by atoms with E-state index in [0.29, 0.717) is 6.20 Å². The SMILES string of the molecule is NS(=O)(=O)c1cccc(F)c1N(C=Cc1cccc(C(F)(F)F)c1)S(=O)[O-]. The van der Waals surface area contributed by atoms with E-state index in [1.54, 1.807) is 0 Å². The normalized spacial score (nSPS) is 13.7. The molecular weight excluding hydrogens is 412 g/mol. The lowest BCUT2D eigenvalue weighted by Gasteiger charge is -2.24. The highest BCUT2D eigenvalue weighted by Gasteiger charge is 2.30. The van der Waals surface area contributed by atoms with Crippen molar-refractivity contribution in [3.05, 3.63) is 65.6 Å². The van der Waals surface area contributed by atoms with E-state index in [0.717, 1.165) is 42.5 Å². The third-order valence-electron chi connectivity index (χ3n) is 3.25. The molecule has 0 bridgehead atoms. The molecular formula is C15H11F4N2O4S2-. The van der Waals surface area contributed by atoms with Crippen molar-refractivity contribution in [2.24, 2.45) is 5.14 Å². The molecule has 0 aliphatic carbocycles. The second-order valence-corrected chi connectivity index (χ2v) is 7.47. The van der Waals surface area contributed by atoms with E-state index in [1.807, 2.05) is 0 Å². The number of hydrogen-bond donors (Lipinski definition) is 1. The number of hydrogen-bond acceptors (Lipinski definition) is 4. The zero-order valence-electron chi connectivity index (χ0n) is 13.2. The number of anilines is 1. The van der Waals surface area contributed by atoms with Crippen LogP contribution in [0.15, 0.2) is 53.6 Å². The van der Waals surface area contributed by atoms with Crippen LogP contribution >= 0.6 is 0 Å². The predicted octanol–water partition coefficient (Wildman–Crippen LogP) is 2.76. The number of benzene rings is 2. The Bertz CT molecular complexity index is 1010. The van der Waals surface area contributed by atoms with E-state index in [1.165, 1.54) is 6.07 Å². The molecule has 0 saturated heterocycles. The first kappa shape index (κ1) is 21.0. The fourth-order valence-electron chi connectivity index (χ4n) is 2.11. The zero-order valence-corrected chi connectivity index (χ0v) is 14.8. The summed E-state index contributed by atoms with van der Waals surface area (Å²) in [5.41, 5.74) is -1.90. The highest BCUT2D eigenvalue weighted by atomic mass is 32.2. The molecule has 0 aromatic heterocycles. The van der Waals surface area contributed by atoms with Crippen molar-refractivity contribution in [3.63, 3.8) is 0 Å². The number of sulfonamides is 1. The molecule has 1 atom stereocenters. The Kier molecular flexibility index (Phi) is 6.04. The molecule has 12 heteroatoms. The summed E-state index contributed by atoms with van der Waals surface area (Å²) in [4.78, 5) is -0.805. The van der Waals surface area contributed by atoms with Crippen molar-refractivity contribution < 1.29 is 34.7 Å².